The van der Waals surface area contributed by atoms with Gasteiger partial charge in [-0.2, -0.15) is 0 Å². The van der Waals surface area contributed by atoms with Crippen molar-refractivity contribution in [3.8, 4) is 22.5 Å². The molecular formula is C25H26N4O. The molecule has 0 aliphatic heterocycles. The largest absolute Gasteiger partial charge is 0.359 e. The first-order valence-corrected chi connectivity index (χ1v) is 11.1. The summed E-state index contributed by atoms with van der Waals surface area (Å²) in [6.07, 6.45) is 7.40. The molecule has 30 heavy (non-hydrogen) atoms. The number of aromatic nitrogens is 3. The molecule has 1 heterocycles. The second-order valence-corrected chi connectivity index (χ2v) is 9.55. The van der Waals surface area contributed by atoms with E-state index >= 15 is 0 Å². The van der Waals surface area contributed by atoms with Gasteiger partial charge in [0.25, 0.3) is 0 Å². The van der Waals surface area contributed by atoms with E-state index in [0.717, 1.165) is 59.5 Å². The highest BCUT2D eigenvalue weighted by atomic mass is 16.2. The highest BCUT2D eigenvalue weighted by Gasteiger charge is 2.51. The lowest BCUT2D eigenvalue weighted by molar-refractivity contribution is -0.0138. The van der Waals surface area contributed by atoms with Gasteiger partial charge in [-0.25, -0.2) is 4.79 Å². The summed E-state index contributed by atoms with van der Waals surface area (Å²) < 4.78 is 0. The van der Waals surface area contributed by atoms with E-state index in [2.05, 4.69) is 15.5 Å². The van der Waals surface area contributed by atoms with Crippen LogP contribution in [0.2, 0.25) is 0 Å². The van der Waals surface area contributed by atoms with Gasteiger partial charge in [0.2, 0.25) is 0 Å². The fourth-order valence-corrected chi connectivity index (χ4v) is 6.52. The van der Waals surface area contributed by atoms with Crippen molar-refractivity contribution in [2.24, 2.45) is 17.8 Å². The SMILES string of the molecule is O=C(NC12CC3CC(CC(C3)C1)C2)n1nc(-c2ccccc2)c(-c2ccccc2)n1. The lowest BCUT2D eigenvalue weighted by Crippen LogP contribution is -2.60. The molecule has 4 bridgehead atoms. The van der Waals surface area contributed by atoms with Crippen LogP contribution in [0.4, 0.5) is 4.79 Å². The van der Waals surface area contributed by atoms with Crippen molar-refractivity contribution in [2.75, 3.05) is 0 Å². The van der Waals surface area contributed by atoms with Crippen LogP contribution in [0.3, 0.4) is 0 Å². The molecule has 0 unspecified atom stereocenters. The second-order valence-electron chi connectivity index (χ2n) is 9.55. The van der Waals surface area contributed by atoms with E-state index in [4.69, 9.17) is 0 Å². The topological polar surface area (TPSA) is 59.8 Å². The maximum absolute atomic E-state index is 13.3. The van der Waals surface area contributed by atoms with Gasteiger partial charge in [-0.05, 0) is 56.3 Å². The Morgan fingerprint density at radius 1 is 0.767 bits per heavy atom. The fourth-order valence-electron chi connectivity index (χ4n) is 6.52. The van der Waals surface area contributed by atoms with Crippen LogP contribution in [-0.2, 0) is 0 Å². The summed E-state index contributed by atoms with van der Waals surface area (Å²) in [5.74, 6) is 2.34. The number of carbonyl (C=O) groups is 1. The number of benzene rings is 2. The van der Waals surface area contributed by atoms with Crippen LogP contribution >= 0.6 is 0 Å². The number of hydrogen-bond acceptors (Lipinski definition) is 3. The third-order valence-corrected chi connectivity index (χ3v) is 7.30. The zero-order chi connectivity index (χ0) is 20.1. The Labute approximate surface area is 176 Å². The van der Waals surface area contributed by atoms with Crippen molar-refractivity contribution in [1.29, 1.82) is 0 Å². The van der Waals surface area contributed by atoms with E-state index in [9.17, 15) is 4.79 Å². The Morgan fingerprint density at radius 2 is 1.20 bits per heavy atom. The molecule has 1 aromatic heterocycles. The lowest BCUT2D eigenvalue weighted by atomic mass is 9.53. The van der Waals surface area contributed by atoms with Crippen molar-refractivity contribution >= 4 is 6.03 Å². The van der Waals surface area contributed by atoms with Gasteiger partial charge in [-0.3, -0.25) is 0 Å². The number of hydrogen-bond donors (Lipinski definition) is 1. The number of nitrogens with zero attached hydrogens (tertiary/aromatic N) is 3. The summed E-state index contributed by atoms with van der Waals surface area (Å²) in [6.45, 7) is 0. The average Bonchev–Trinajstić information content (AvgIpc) is 3.19. The van der Waals surface area contributed by atoms with Gasteiger partial charge >= 0.3 is 6.03 Å². The molecule has 0 saturated heterocycles. The van der Waals surface area contributed by atoms with E-state index in [1.54, 1.807) is 0 Å². The maximum Gasteiger partial charge on any atom is 0.359 e. The molecule has 4 fully saturated rings. The molecule has 2 aromatic carbocycles. The van der Waals surface area contributed by atoms with E-state index in [-0.39, 0.29) is 11.6 Å². The van der Waals surface area contributed by atoms with Crippen molar-refractivity contribution in [1.82, 2.24) is 20.3 Å². The molecular weight excluding hydrogens is 372 g/mol. The first-order valence-electron chi connectivity index (χ1n) is 11.1. The molecule has 152 valence electrons. The molecule has 7 rings (SSSR count). The van der Waals surface area contributed by atoms with Gasteiger partial charge in [0.05, 0.1) is 0 Å². The Bertz CT molecular complexity index is 981. The highest BCUT2D eigenvalue weighted by molar-refractivity contribution is 5.81. The molecule has 0 spiro atoms. The van der Waals surface area contributed by atoms with E-state index in [0.29, 0.717) is 0 Å². The minimum atomic E-state index is -0.198. The molecule has 1 amide bonds. The fraction of sp³-hybridized carbons (Fsp3) is 0.400. The summed E-state index contributed by atoms with van der Waals surface area (Å²) in [6, 6.07) is 19.8. The van der Waals surface area contributed by atoms with Crippen LogP contribution in [0.5, 0.6) is 0 Å². The van der Waals surface area contributed by atoms with Crippen molar-refractivity contribution in [3.05, 3.63) is 60.7 Å². The van der Waals surface area contributed by atoms with Crippen molar-refractivity contribution in [3.63, 3.8) is 0 Å². The van der Waals surface area contributed by atoms with Gasteiger partial charge in [-0.15, -0.1) is 10.2 Å². The standard InChI is InChI=1S/C25H26N4O/c30-24(26-25-14-17-11-18(15-25)13-19(12-17)16-25)29-27-22(20-7-3-1-4-8-20)23(28-29)21-9-5-2-6-10-21/h1-10,17-19H,11-16H2,(H,26,30). The predicted molar refractivity (Wildman–Crippen MR) is 116 cm³/mol. The Kier molecular flexibility index (Phi) is 4.05. The van der Waals surface area contributed by atoms with Crippen LogP contribution in [0.15, 0.2) is 60.7 Å². The Balaban J connectivity index is 1.34. The monoisotopic (exact) mass is 398 g/mol. The van der Waals surface area contributed by atoms with Crippen LogP contribution in [-0.4, -0.2) is 26.6 Å². The van der Waals surface area contributed by atoms with E-state index in [1.165, 1.54) is 24.1 Å². The number of nitrogens with one attached hydrogen (secondary N) is 1. The summed E-state index contributed by atoms with van der Waals surface area (Å²) in [4.78, 5) is 14.6. The third-order valence-electron chi connectivity index (χ3n) is 7.30. The van der Waals surface area contributed by atoms with Gasteiger partial charge in [0.15, 0.2) is 0 Å². The van der Waals surface area contributed by atoms with Gasteiger partial charge in [-0.1, -0.05) is 65.5 Å². The zero-order valence-corrected chi connectivity index (χ0v) is 17.0. The number of amides is 1. The Morgan fingerprint density at radius 3 is 1.63 bits per heavy atom. The minimum Gasteiger partial charge on any atom is -0.329 e. The molecule has 5 nitrogen and oxygen atoms in total. The third kappa shape index (κ3) is 3.04. The van der Waals surface area contributed by atoms with Crippen molar-refractivity contribution < 1.29 is 4.79 Å². The number of rotatable bonds is 3. The zero-order valence-electron chi connectivity index (χ0n) is 17.0. The predicted octanol–water partition coefficient (Wildman–Crippen LogP) is 5.14. The summed E-state index contributed by atoms with van der Waals surface area (Å²) in [5.41, 5.74) is 3.35. The summed E-state index contributed by atoms with van der Waals surface area (Å²) in [7, 11) is 0. The summed E-state index contributed by atoms with van der Waals surface area (Å²) >= 11 is 0. The maximum atomic E-state index is 13.3. The second kappa shape index (κ2) is 6.79. The highest BCUT2D eigenvalue weighted by Crippen LogP contribution is 2.55. The van der Waals surface area contributed by atoms with Crippen LogP contribution < -0.4 is 5.32 Å². The van der Waals surface area contributed by atoms with Gasteiger partial charge in [0.1, 0.15) is 11.4 Å². The van der Waals surface area contributed by atoms with Gasteiger partial charge in [0, 0.05) is 16.7 Å². The van der Waals surface area contributed by atoms with Crippen LogP contribution in [0.25, 0.3) is 22.5 Å². The van der Waals surface area contributed by atoms with Crippen molar-refractivity contribution in [2.45, 2.75) is 44.1 Å². The Hall–Kier alpha value is -2.95. The molecule has 1 N–H and O–H groups in total. The smallest absolute Gasteiger partial charge is 0.329 e. The molecule has 3 aromatic rings. The van der Waals surface area contributed by atoms with Gasteiger partial charge < -0.3 is 5.32 Å². The normalized spacial score (nSPS) is 29.1. The average molecular weight is 399 g/mol. The number of carbonyl (C=O) groups excluding carboxylic acids is 1. The quantitative estimate of drug-likeness (QED) is 0.665. The van der Waals surface area contributed by atoms with Crippen LogP contribution in [0, 0.1) is 17.8 Å². The molecule has 0 radical (unpaired) electrons. The first-order chi connectivity index (χ1) is 14.7. The molecule has 0 atom stereocenters. The molecule has 5 heteroatoms. The minimum absolute atomic E-state index is 0.0563. The summed E-state index contributed by atoms with van der Waals surface area (Å²) in [5, 5.41) is 12.7. The molecule has 4 aliphatic carbocycles. The molecule has 4 saturated carbocycles. The van der Waals surface area contributed by atoms with Crippen LogP contribution in [0.1, 0.15) is 38.5 Å². The first kappa shape index (κ1) is 17.9. The van der Waals surface area contributed by atoms with E-state index < -0.39 is 0 Å². The molecule has 4 aliphatic rings. The van der Waals surface area contributed by atoms with E-state index in [1.807, 2.05) is 60.7 Å². The lowest BCUT2D eigenvalue weighted by Gasteiger charge is -2.56.